The molecule has 0 heterocycles. The normalized spacial score (nSPS) is 47.8. The fraction of sp³-hybridized carbons (Fsp3) is 0.943. The molecule has 3 nitrogen and oxygen atoms in total. The van der Waals surface area contributed by atoms with Gasteiger partial charge in [0.1, 0.15) is 5.78 Å². The van der Waals surface area contributed by atoms with Gasteiger partial charge in [0.2, 0.25) is 0 Å². The van der Waals surface area contributed by atoms with E-state index in [-0.39, 0.29) is 17.6 Å². The third kappa shape index (κ3) is 7.74. The standard InChI is InChI=1S/C27H48O.C26H42O2/c1-18(2)8-6-9-19(3)22-14-15-23-21-13-12-20-10-7-11-25(28)27(20,5)24(21)16-17-26(22,23)4;1-17(6-5-7-18(2)27)22-10-11-23-21-9-8-19-16-20(28)12-14-25(19,3)24(21)13-15-26(22,23)4/h18-25,28H,6-17H2,1-5H3;8,17,20-24,28H,5-7,9-16H2,1-4H3/t19-,20+,21+,22-,23+,24+,25?,26-,27+;17-,20+,21+,22-,23+,24+,25+,26-/m11/s1. The summed E-state index contributed by atoms with van der Waals surface area (Å²) in [5, 5.41) is 21.3. The van der Waals surface area contributed by atoms with Crippen LogP contribution in [-0.4, -0.2) is 28.2 Å². The lowest BCUT2D eigenvalue weighted by molar-refractivity contribution is -0.164. The molecule has 56 heavy (non-hydrogen) atoms. The summed E-state index contributed by atoms with van der Waals surface area (Å²) >= 11 is 0. The summed E-state index contributed by atoms with van der Waals surface area (Å²) in [5.41, 5.74) is 3.26. The lowest BCUT2D eigenvalue weighted by Gasteiger charge is -2.62. The van der Waals surface area contributed by atoms with Crippen LogP contribution in [0, 0.1) is 92.7 Å². The second-order valence-electron chi connectivity index (χ2n) is 24.0. The van der Waals surface area contributed by atoms with Gasteiger partial charge in [-0.05, 0) is 209 Å². The van der Waals surface area contributed by atoms with Crippen molar-refractivity contribution in [1.29, 1.82) is 0 Å². The average molecular weight is 775 g/mol. The summed E-state index contributed by atoms with van der Waals surface area (Å²) < 4.78 is 0. The van der Waals surface area contributed by atoms with E-state index in [9.17, 15) is 15.0 Å². The Balaban J connectivity index is 0.000000172. The number of aliphatic hydroxyl groups excluding tert-OH is 2. The van der Waals surface area contributed by atoms with Crippen LogP contribution in [0.3, 0.4) is 0 Å². The summed E-state index contributed by atoms with van der Waals surface area (Å²) in [7, 11) is 0. The van der Waals surface area contributed by atoms with E-state index in [0.717, 1.165) is 103 Å². The van der Waals surface area contributed by atoms with Crippen molar-refractivity contribution in [3.8, 4) is 0 Å². The Morgan fingerprint density at radius 2 is 1.30 bits per heavy atom. The highest BCUT2D eigenvalue weighted by atomic mass is 16.3. The summed E-state index contributed by atoms with van der Waals surface area (Å²) in [6.45, 7) is 21.9. The van der Waals surface area contributed by atoms with E-state index in [1.807, 2.05) is 0 Å². The van der Waals surface area contributed by atoms with Crippen LogP contribution in [0.15, 0.2) is 11.6 Å². The fourth-order valence-corrected chi connectivity index (χ4v) is 17.8. The van der Waals surface area contributed by atoms with Gasteiger partial charge in [-0.3, -0.25) is 0 Å². The van der Waals surface area contributed by atoms with Crippen LogP contribution in [0.2, 0.25) is 0 Å². The van der Waals surface area contributed by atoms with Gasteiger partial charge in [-0.25, -0.2) is 0 Å². The van der Waals surface area contributed by atoms with Gasteiger partial charge in [-0.15, -0.1) is 0 Å². The zero-order valence-corrected chi connectivity index (χ0v) is 38.2. The molecule has 0 aromatic heterocycles. The van der Waals surface area contributed by atoms with E-state index in [4.69, 9.17) is 0 Å². The van der Waals surface area contributed by atoms with Gasteiger partial charge < -0.3 is 15.0 Å². The lowest BCUT2D eigenvalue weighted by atomic mass is 9.44. The Kier molecular flexibility index (Phi) is 13.2. The molecular weight excluding hydrogens is 685 g/mol. The van der Waals surface area contributed by atoms with Crippen LogP contribution in [0.1, 0.15) is 210 Å². The molecule has 0 aliphatic heterocycles. The number of carbonyl (C=O) groups is 1. The Labute approximate surface area is 346 Å². The van der Waals surface area contributed by atoms with E-state index < -0.39 is 0 Å². The number of rotatable bonds is 10. The molecule has 320 valence electrons. The smallest absolute Gasteiger partial charge is 0.129 e. The molecule has 0 amide bonds. The monoisotopic (exact) mass is 775 g/mol. The lowest BCUT2D eigenvalue weighted by Crippen LogP contribution is -2.57. The zero-order valence-electron chi connectivity index (χ0n) is 38.2. The van der Waals surface area contributed by atoms with Crippen LogP contribution in [0.4, 0.5) is 0 Å². The third-order valence-electron chi connectivity index (χ3n) is 20.9. The Bertz CT molecular complexity index is 1380. The van der Waals surface area contributed by atoms with Gasteiger partial charge in [0.15, 0.2) is 0 Å². The van der Waals surface area contributed by atoms with Crippen molar-refractivity contribution in [2.75, 3.05) is 0 Å². The topological polar surface area (TPSA) is 57.5 Å². The molecule has 0 radical (unpaired) electrons. The van der Waals surface area contributed by atoms with Crippen LogP contribution in [0.25, 0.3) is 0 Å². The van der Waals surface area contributed by atoms with Crippen molar-refractivity contribution in [3.05, 3.63) is 11.6 Å². The van der Waals surface area contributed by atoms with E-state index >= 15 is 0 Å². The van der Waals surface area contributed by atoms with Gasteiger partial charge in [0.25, 0.3) is 0 Å². The molecule has 8 aliphatic carbocycles. The van der Waals surface area contributed by atoms with Gasteiger partial charge in [0.05, 0.1) is 12.2 Å². The molecule has 0 saturated heterocycles. The SMILES string of the molecule is CC(=O)CCC[C@@H](C)[C@H]1CC[C@H]2[C@@H]3CC=C4C[C@@H](O)CC[C@]4(C)[C@H]3CC[C@]12C.CC(C)CCC[C@@H](C)[C@H]1CC[C@H]2[C@@H]3CC[C@@H]4CCCC(O)[C@]4(C)[C@H]3CC[C@]12C. The number of Topliss-reactive ketones (excluding diaryl/α,β-unsaturated/α-hetero) is 1. The molecular formula is C53H90O3. The maximum atomic E-state index is 11.3. The van der Waals surface area contributed by atoms with E-state index in [0.29, 0.717) is 22.0 Å². The second kappa shape index (κ2) is 17.0. The Morgan fingerprint density at radius 1 is 0.679 bits per heavy atom. The number of hydrogen-bond acceptors (Lipinski definition) is 3. The maximum Gasteiger partial charge on any atom is 0.129 e. The minimum absolute atomic E-state index is 0.0319. The minimum Gasteiger partial charge on any atom is -0.393 e. The number of carbonyl (C=O) groups excluding carboxylic acids is 1. The zero-order chi connectivity index (χ0) is 40.2. The number of ketones is 1. The van der Waals surface area contributed by atoms with Gasteiger partial charge in [-0.2, -0.15) is 0 Å². The highest BCUT2D eigenvalue weighted by Crippen LogP contribution is 2.69. The van der Waals surface area contributed by atoms with Crippen molar-refractivity contribution >= 4 is 5.78 Å². The Morgan fingerprint density at radius 3 is 1.95 bits per heavy atom. The molecule has 7 fully saturated rings. The number of hydrogen-bond donors (Lipinski definition) is 2. The summed E-state index contributed by atoms with van der Waals surface area (Å²) in [6.07, 6.45) is 32.1. The minimum atomic E-state index is -0.101. The van der Waals surface area contributed by atoms with Gasteiger partial charge in [-0.1, -0.05) is 99.1 Å². The van der Waals surface area contributed by atoms with Crippen LogP contribution >= 0.6 is 0 Å². The molecule has 8 aliphatic rings. The van der Waals surface area contributed by atoms with Gasteiger partial charge in [0, 0.05) is 6.42 Å². The van der Waals surface area contributed by atoms with Crippen LogP contribution < -0.4 is 0 Å². The van der Waals surface area contributed by atoms with Gasteiger partial charge >= 0.3 is 0 Å². The van der Waals surface area contributed by atoms with E-state index in [2.05, 4.69) is 61.5 Å². The van der Waals surface area contributed by atoms with Crippen molar-refractivity contribution in [2.45, 2.75) is 222 Å². The largest absolute Gasteiger partial charge is 0.393 e. The molecule has 7 saturated carbocycles. The highest BCUT2D eigenvalue weighted by molar-refractivity contribution is 5.75. The van der Waals surface area contributed by atoms with Crippen LogP contribution in [-0.2, 0) is 4.79 Å². The number of aliphatic hydroxyl groups is 2. The molecule has 0 bridgehead atoms. The summed E-state index contributed by atoms with van der Waals surface area (Å²) in [4.78, 5) is 11.3. The molecule has 0 aromatic carbocycles. The molecule has 8 rings (SSSR count). The number of allylic oxidation sites excluding steroid dienone is 1. The maximum absolute atomic E-state index is 11.3. The van der Waals surface area contributed by atoms with E-state index in [1.165, 1.54) is 116 Å². The first-order valence-electron chi connectivity index (χ1n) is 25.1. The van der Waals surface area contributed by atoms with Crippen LogP contribution in [0.5, 0.6) is 0 Å². The first-order chi connectivity index (χ1) is 26.5. The second-order valence-corrected chi connectivity index (χ2v) is 24.0. The quantitative estimate of drug-likeness (QED) is 0.217. The summed E-state index contributed by atoms with van der Waals surface area (Å²) in [5.74, 6) is 10.7. The molecule has 17 atom stereocenters. The molecule has 2 N–H and O–H groups in total. The highest BCUT2D eigenvalue weighted by Gasteiger charge is 2.62. The fourth-order valence-electron chi connectivity index (χ4n) is 17.8. The number of fused-ring (bicyclic) bond motifs is 10. The Hall–Kier alpha value is -0.670. The first-order valence-corrected chi connectivity index (χ1v) is 25.1. The molecule has 0 aromatic rings. The van der Waals surface area contributed by atoms with Crippen molar-refractivity contribution < 1.29 is 15.0 Å². The van der Waals surface area contributed by atoms with Crippen molar-refractivity contribution in [2.24, 2.45) is 92.7 Å². The predicted molar refractivity (Wildman–Crippen MR) is 234 cm³/mol. The third-order valence-corrected chi connectivity index (χ3v) is 20.9. The first kappa shape index (κ1) is 43.4. The molecule has 1 unspecified atom stereocenters. The van der Waals surface area contributed by atoms with Crippen molar-refractivity contribution in [1.82, 2.24) is 0 Å². The van der Waals surface area contributed by atoms with E-state index in [1.54, 1.807) is 12.5 Å². The molecule has 3 heteroatoms. The van der Waals surface area contributed by atoms with Crippen molar-refractivity contribution in [3.63, 3.8) is 0 Å². The average Bonchev–Trinajstić information content (AvgIpc) is 3.69. The summed E-state index contributed by atoms with van der Waals surface area (Å²) in [6, 6.07) is 0. The predicted octanol–water partition coefficient (Wildman–Crippen LogP) is 13.8. The molecule has 0 spiro atoms.